The van der Waals surface area contributed by atoms with Crippen molar-refractivity contribution in [2.45, 2.75) is 24.7 Å². The molecule has 1 aromatic carbocycles. The smallest absolute Gasteiger partial charge is 0.246 e. The molecule has 0 amide bonds. The van der Waals surface area contributed by atoms with E-state index in [1.807, 2.05) is 25.3 Å². The number of hydrogen-bond donors (Lipinski definition) is 0. The van der Waals surface area contributed by atoms with E-state index >= 15 is 0 Å². The van der Waals surface area contributed by atoms with Gasteiger partial charge in [-0.1, -0.05) is 13.0 Å². The van der Waals surface area contributed by atoms with E-state index in [1.165, 1.54) is 22.8 Å². The maximum atomic E-state index is 12.8. The van der Waals surface area contributed by atoms with Crippen molar-refractivity contribution in [3.05, 3.63) is 40.3 Å². The minimum Gasteiger partial charge on any atom is -0.495 e. The summed E-state index contributed by atoms with van der Waals surface area (Å²) in [6, 6.07) is 5.15. The predicted molar refractivity (Wildman–Crippen MR) is 88.1 cm³/mol. The highest BCUT2D eigenvalue weighted by Gasteiger charge is 2.26. The highest BCUT2D eigenvalue weighted by atomic mass is 32.2. The maximum absolute atomic E-state index is 12.8. The molecule has 5 nitrogen and oxygen atoms in total. The lowest BCUT2D eigenvalue weighted by Gasteiger charge is -2.21. The van der Waals surface area contributed by atoms with Crippen molar-refractivity contribution in [3.63, 3.8) is 0 Å². The van der Waals surface area contributed by atoms with Gasteiger partial charge in [-0.2, -0.15) is 0 Å². The summed E-state index contributed by atoms with van der Waals surface area (Å²) in [6.07, 6.45) is 1.73. The normalized spacial score (nSPS) is 13.3. The van der Waals surface area contributed by atoms with Crippen LogP contribution in [0.25, 0.3) is 0 Å². The summed E-state index contributed by atoms with van der Waals surface area (Å²) in [6.45, 7) is 4.20. The van der Waals surface area contributed by atoms with Crippen LogP contribution in [-0.2, 0) is 10.0 Å². The fourth-order valence-corrected chi connectivity index (χ4v) is 4.38. The third-order valence-corrected chi connectivity index (χ3v) is 6.26. The Morgan fingerprint density at radius 3 is 2.73 bits per heavy atom. The standard InChI is InChI=1S/C15H20N2O3S2/c1-11-5-6-13(20-4)14(9-11)22(18,19)17(3)10-12(2)15-16-7-8-21-15/h5-9,12H,10H2,1-4H3/t12-/m0/s1. The largest absolute Gasteiger partial charge is 0.495 e. The Bertz CT molecular complexity index is 727. The van der Waals surface area contributed by atoms with Gasteiger partial charge in [-0.25, -0.2) is 17.7 Å². The molecule has 22 heavy (non-hydrogen) atoms. The summed E-state index contributed by atoms with van der Waals surface area (Å²) in [4.78, 5) is 4.44. The molecule has 1 aromatic heterocycles. The Labute approximate surface area is 135 Å². The number of ether oxygens (including phenoxy) is 1. The van der Waals surface area contributed by atoms with Gasteiger partial charge < -0.3 is 4.74 Å². The number of benzene rings is 1. The topological polar surface area (TPSA) is 59.5 Å². The zero-order chi connectivity index (χ0) is 16.3. The molecule has 0 aliphatic heterocycles. The average molecular weight is 340 g/mol. The molecule has 0 bridgehead atoms. The first-order chi connectivity index (χ1) is 10.4. The Kier molecular flexibility index (Phi) is 5.20. The second kappa shape index (κ2) is 6.76. The lowest BCUT2D eigenvalue weighted by atomic mass is 10.2. The summed E-state index contributed by atoms with van der Waals surface area (Å²) < 4.78 is 32.2. The molecule has 0 saturated carbocycles. The number of thiazole rings is 1. The molecule has 0 fully saturated rings. The Balaban J connectivity index is 2.28. The summed E-state index contributed by atoms with van der Waals surface area (Å²) in [5, 5.41) is 2.82. The van der Waals surface area contributed by atoms with Crippen LogP contribution in [0.4, 0.5) is 0 Å². The van der Waals surface area contributed by atoms with Gasteiger partial charge in [0.05, 0.1) is 12.1 Å². The van der Waals surface area contributed by atoms with E-state index in [-0.39, 0.29) is 10.8 Å². The second-order valence-corrected chi connectivity index (χ2v) is 8.15. The van der Waals surface area contributed by atoms with Crippen LogP contribution in [0.1, 0.15) is 23.4 Å². The highest BCUT2D eigenvalue weighted by molar-refractivity contribution is 7.89. The van der Waals surface area contributed by atoms with Gasteiger partial charge >= 0.3 is 0 Å². The molecule has 0 N–H and O–H groups in total. The van der Waals surface area contributed by atoms with Crippen LogP contribution in [0.15, 0.2) is 34.7 Å². The van der Waals surface area contributed by atoms with Gasteiger partial charge in [0.25, 0.3) is 0 Å². The van der Waals surface area contributed by atoms with Gasteiger partial charge in [0, 0.05) is 31.1 Å². The molecule has 7 heteroatoms. The van der Waals surface area contributed by atoms with Gasteiger partial charge in [-0.05, 0) is 24.6 Å². The molecule has 0 unspecified atom stereocenters. The van der Waals surface area contributed by atoms with Gasteiger partial charge in [-0.3, -0.25) is 0 Å². The highest BCUT2D eigenvalue weighted by Crippen LogP contribution is 2.28. The minimum absolute atomic E-state index is 0.0376. The van der Waals surface area contributed by atoms with Crippen molar-refractivity contribution >= 4 is 21.4 Å². The summed E-state index contributed by atoms with van der Waals surface area (Å²) in [5.74, 6) is 0.398. The first kappa shape index (κ1) is 16.9. The number of sulfonamides is 1. The van der Waals surface area contributed by atoms with E-state index in [0.29, 0.717) is 12.3 Å². The Hall–Kier alpha value is -1.44. The van der Waals surface area contributed by atoms with Crippen molar-refractivity contribution in [2.75, 3.05) is 20.7 Å². The lowest BCUT2D eigenvalue weighted by Crippen LogP contribution is -2.30. The summed E-state index contributed by atoms with van der Waals surface area (Å²) >= 11 is 1.53. The molecular formula is C15H20N2O3S2. The van der Waals surface area contributed by atoms with E-state index in [9.17, 15) is 8.42 Å². The van der Waals surface area contributed by atoms with Gasteiger partial charge in [-0.15, -0.1) is 11.3 Å². The van der Waals surface area contributed by atoms with Crippen LogP contribution in [-0.4, -0.2) is 38.4 Å². The molecule has 0 saturated heterocycles. The zero-order valence-electron chi connectivity index (χ0n) is 13.1. The average Bonchev–Trinajstić information content (AvgIpc) is 3.01. The first-order valence-electron chi connectivity index (χ1n) is 6.86. The van der Waals surface area contributed by atoms with E-state index < -0.39 is 10.0 Å². The summed E-state index contributed by atoms with van der Waals surface area (Å²) in [5.41, 5.74) is 0.876. The van der Waals surface area contributed by atoms with E-state index in [1.54, 1.807) is 25.4 Å². The van der Waals surface area contributed by atoms with Crippen LogP contribution < -0.4 is 4.74 Å². The van der Waals surface area contributed by atoms with Gasteiger partial charge in [0.1, 0.15) is 10.6 Å². The number of methoxy groups -OCH3 is 1. The molecule has 1 heterocycles. The fourth-order valence-electron chi connectivity index (χ4n) is 2.19. The Morgan fingerprint density at radius 2 is 2.14 bits per heavy atom. The Morgan fingerprint density at radius 1 is 1.41 bits per heavy atom. The molecule has 2 aromatic rings. The van der Waals surface area contributed by atoms with Crippen molar-refractivity contribution < 1.29 is 13.2 Å². The molecule has 0 aliphatic carbocycles. The predicted octanol–water partition coefficient (Wildman–Crippen LogP) is 2.88. The number of likely N-dealkylation sites (N-methyl/N-ethyl adjacent to an activating group) is 1. The summed E-state index contributed by atoms with van der Waals surface area (Å²) in [7, 11) is -0.547. The van der Waals surface area contributed by atoms with Crippen LogP contribution in [0.5, 0.6) is 5.75 Å². The molecule has 1 atom stereocenters. The van der Waals surface area contributed by atoms with Crippen LogP contribution in [0.2, 0.25) is 0 Å². The lowest BCUT2D eigenvalue weighted by molar-refractivity contribution is 0.396. The fraction of sp³-hybridized carbons (Fsp3) is 0.400. The van der Waals surface area contributed by atoms with Crippen molar-refractivity contribution in [3.8, 4) is 5.75 Å². The number of nitrogens with zero attached hydrogens (tertiary/aromatic N) is 2. The SMILES string of the molecule is COc1ccc(C)cc1S(=O)(=O)N(C)C[C@H](C)c1nccs1. The second-order valence-electron chi connectivity index (χ2n) is 5.21. The third-order valence-electron chi connectivity index (χ3n) is 3.41. The molecule has 120 valence electrons. The van der Waals surface area contributed by atoms with Crippen molar-refractivity contribution in [1.82, 2.24) is 9.29 Å². The van der Waals surface area contributed by atoms with Crippen LogP contribution >= 0.6 is 11.3 Å². The molecule has 0 spiro atoms. The van der Waals surface area contributed by atoms with E-state index in [0.717, 1.165) is 10.6 Å². The third kappa shape index (κ3) is 3.48. The van der Waals surface area contributed by atoms with Crippen LogP contribution in [0.3, 0.4) is 0 Å². The zero-order valence-corrected chi connectivity index (χ0v) is 14.7. The first-order valence-corrected chi connectivity index (χ1v) is 9.18. The molecule has 0 aliphatic rings. The molecule has 2 rings (SSSR count). The molecular weight excluding hydrogens is 320 g/mol. The van der Waals surface area contributed by atoms with Crippen molar-refractivity contribution in [1.29, 1.82) is 0 Å². The monoisotopic (exact) mass is 340 g/mol. The van der Waals surface area contributed by atoms with Gasteiger partial charge in [0.15, 0.2) is 0 Å². The van der Waals surface area contributed by atoms with E-state index in [4.69, 9.17) is 4.74 Å². The van der Waals surface area contributed by atoms with Crippen molar-refractivity contribution in [2.24, 2.45) is 0 Å². The number of rotatable bonds is 6. The maximum Gasteiger partial charge on any atom is 0.246 e. The van der Waals surface area contributed by atoms with E-state index in [2.05, 4.69) is 4.98 Å². The number of aryl methyl sites for hydroxylation is 1. The van der Waals surface area contributed by atoms with Gasteiger partial charge in [0.2, 0.25) is 10.0 Å². The number of hydrogen-bond acceptors (Lipinski definition) is 5. The quantitative estimate of drug-likeness (QED) is 0.811. The number of aromatic nitrogens is 1. The minimum atomic E-state index is -3.61. The molecule has 0 radical (unpaired) electrons. The van der Waals surface area contributed by atoms with Crippen LogP contribution in [0, 0.1) is 6.92 Å².